The zero-order chi connectivity index (χ0) is 19.8. The summed E-state index contributed by atoms with van der Waals surface area (Å²) in [6.45, 7) is -0.0711. The Hall–Kier alpha value is -3.12. The lowest BCUT2D eigenvalue weighted by Crippen LogP contribution is -2.20. The number of nitrogens with one attached hydrogen (secondary N) is 1. The summed E-state index contributed by atoms with van der Waals surface area (Å²) in [5.74, 6) is 1.12. The molecule has 1 N–H and O–H groups in total. The third-order valence-corrected chi connectivity index (χ3v) is 4.34. The molecule has 5 nitrogen and oxygen atoms in total. The molecule has 3 rings (SSSR count). The van der Waals surface area contributed by atoms with E-state index in [2.05, 4.69) is 26.2 Å². The molecule has 0 aliphatic heterocycles. The summed E-state index contributed by atoms with van der Waals surface area (Å²) >= 11 is 3.40. The Bertz CT molecular complexity index is 937. The van der Waals surface area contributed by atoms with E-state index in [9.17, 15) is 4.79 Å². The SMILES string of the molecule is COc1ccc(NC(=O)COc2ccc(C=Nc3ccc(Br)cc3)cc2)cc1. The van der Waals surface area contributed by atoms with Crippen LogP contribution < -0.4 is 14.8 Å². The molecule has 0 radical (unpaired) electrons. The van der Waals surface area contributed by atoms with Gasteiger partial charge in [-0.1, -0.05) is 15.9 Å². The third kappa shape index (κ3) is 5.96. The van der Waals surface area contributed by atoms with Crippen molar-refractivity contribution in [1.82, 2.24) is 0 Å². The highest BCUT2D eigenvalue weighted by molar-refractivity contribution is 9.10. The van der Waals surface area contributed by atoms with E-state index < -0.39 is 0 Å². The lowest BCUT2D eigenvalue weighted by Gasteiger charge is -2.08. The number of halogens is 1. The van der Waals surface area contributed by atoms with E-state index in [1.165, 1.54) is 0 Å². The minimum absolute atomic E-state index is 0.0711. The second kappa shape index (κ2) is 9.71. The topological polar surface area (TPSA) is 59.9 Å². The summed E-state index contributed by atoms with van der Waals surface area (Å²) in [7, 11) is 1.60. The number of hydrogen-bond donors (Lipinski definition) is 1. The number of anilines is 1. The maximum atomic E-state index is 12.0. The molecule has 0 aromatic heterocycles. The first-order valence-corrected chi connectivity index (χ1v) is 9.38. The molecule has 0 atom stereocenters. The van der Waals surface area contributed by atoms with Crippen molar-refractivity contribution in [3.63, 3.8) is 0 Å². The van der Waals surface area contributed by atoms with Crippen molar-refractivity contribution in [2.75, 3.05) is 19.0 Å². The Balaban J connectivity index is 1.49. The van der Waals surface area contributed by atoms with E-state index >= 15 is 0 Å². The van der Waals surface area contributed by atoms with Crippen molar-refractivity contribution in [2.45, 2.75) is 0 Å². The van der Waals surface area contributed by atoms with Crippen LogP contribution in [0, 0.1) is 0 Å². The molecule has 28 heavy (non-hydrogen) atoms. The van der Waals surface area contributed by atoms with E-state index in [-0.39, 0.29) is 12.5 Å². The smallest absolute Gasteiger partial charge is 0.262 e. The van der Waals surface area contributed by atoms with Crippen molar-refractivity contribution in [3.05, 3.63) is 82.8 Å². The van der Waals surface area contributed by atoms with E-state index in [1.54, 1.807) is 37.6 Å². The zero-order valence-corrected chi connectivity index (χ0v) is 16.8. The highest BCUT2D eigenvalue weighted by atomic mass is 79.9. The van der Waals surface area contributed by atoms with Crippen molar-refractivity contribution in [3.8, 4) is 11.5 Å². The van der Waals surface area contributed by atoms with E-state index in [1.807, 2.05) is 48.5 Å². The lowest BCUT2D eigenvalue weighted by atomic mass is 10.2. The highest BCUT2D eigenvalue weighted by Gasteiger charge is 2.04. The summed E-state index contributed by atoms with van der Waals surface area (Å²) in [5, 5.41) is 2.77. The Morgan fingerprint density at radius 3 is 2.25 bits per heavy atom. The van der Waals surface area contributed by atoms with Crippen LogP contribution in [0.15, 0.2) is 82.3 Å². The third-order valence-electron chi connectivity index (χ3n) is 3.81. The molecule has 3 aromatic carbocycles. The van der Waals surface area contributed by atoms with Crippen LogP contribution in [0.4, 0.5) is 11.4 Å². The number of ether oxygens (including phenoxy) is 2. The zero-order valence-electron chi connectivity index (χ0n) is 15.3. The lowest BCUT2D eigenvalue weighted by molar-refractivity contribution is -0.118. The predicted octanol–water partition coefficient (Wildman–Crippen LogP) is 5.23. The van der Waals surface area contributed by atoms with Gasteiger partial charge in [-0.2, -0.15) is 0 Å². The van der Waals surface area contributed by atoms with E-state index in [0.29, 0.717) is 11.4 Å². The normalized spacial score (nSPS) is 10.6. The fourth-order valence-corrected chi connectivity index (χ4v) is 2.61. The molecular weight excluding hydrogens is 420 g/mol. The van der Waals surface area contributed by atoms with Crippen LogP contribution in [-0.4, -0.2) is 25.8 Å². The number of nitrogens with zero attached hydrogens (tertiary/aromatic N) is 1. The average molecular weight is 439 g/mol. The van der Waals surface area contributed by atoms with Gasteiger partial charge in [0, 0.05) is 16.4 Å². The molecule has 0 aliphatic rings. The number of methoxy groups -OCH3 is 1. The number of hydrogen-bond acceptors (Lipinski definition) is 4. The van der Waals surface area contributed by atoms with E-state index in [4.69, 9.17) is 9.47 Å². The van der Waals surface area contributed by atoms with Gasteiger partial charge in [-0.25, -0.2) is 0 Å². The Labute approximate surface area is 172 Å². The molecule has 0 spiro atoms. The summed E-state index contributed by atoms with van der Waals surface area (Å²) in [5.41, 5.74) is 2.51. The van der Waals surface area contributed by atoms with Crippen molar-refractivity contribution in [1.29, 1.82) is 0 Å². The molecule has 6 heteroatoms. The number of carbonyl (C=O) groups is 1. The molecule has 0 heterocycles. The number of rotatable bonds is 7. The Kier molecular flexibility index (Phi) is 6.81. The van der Waals surface area contributed by atoms with Gasteiger partial charge in [0.2, 0.25) is 0 Å². The molecule has 0 aliphatic carbocycles. The first-order chi connectivity index (χ1) is 13.6. The first-order valence-electron chi connectivity index (χ1n) is 8.59. The molecule has 0 saturated carbocycles. The van der Waals surface area contributed by atoms with Crippen LogP contribution in [-0.2, 0) is 4.79 Å². The van der Waals surface area contributed by atoms with Gasteiger partial charge in [0.25, 0.3) is 5.91 Å². The minimum atomic E-state index is -0.231. The fourth-order valence-electron chi connectivity index (χ4n) is 2.35. The van der Waals surface area contributed by atoms with Gasteiger partial charge in [0.05, 0.1) is 12.8 Å². The van der Waals surface area contributed by atoms with Crippen LogP contribution in [0.5, 0.6) is 11.5 Å². The Morgan fingerprint density at radius 1 is 0.964 bits per heavy atom. The minimum Gasteiger partial charge on any atom is -0.497 e. The maximum Gasteiger partial charge on any atom is 0.262 e. The largest absolute Gasteiger partial charge is 0.497 e. The summed E-state index contributed by atoms with van der Waals surface area (Å²) in [4.78, 5) is 16.4. The van der Waals surface area contributed by atoms with Crippen LogP contribution >= 0.6 is 15.9 Å². The number of amides is 1. The summed E-state index contributed by atoms with van der Waals surface area (Å²) < 4.78 is 11.6. The predicted molar refractivity (Wildman–Crippen MR) is 115 cm³/mol. The molecule has 0 saturated heterocycles. The highest BCUT2D eigenvalue weighted by Crippen LogP contribution is 2.18. The van der Waals surface area contributed by atoms with Gasteiger partial charge in [-0.3, -0.25) is 9.79 Å². The van der Waals surface area contributed by atoms with Crippen LogP contribution in [0.3, 0.4) is 0 Å². The van der Waals surface area contributed by atoms with Gasteiger partial charge in [-0.05, 0) is 78.4 Å². The van der Waals surface area contributed by atoms with Gasteiger partial charge in [-0.15, -0.1) is 0 Å². The van der Waals surface area contributed by atoms with Crippen LogP contribution in [0.2, 0.25) is 0 Å². The second-order valence-corrected chi connectivity index (χ2v) is 6.78. The second-order valence-electron chi connectivity index (χ2n) is 5.87. The molecular formula is C22H19BrN2O3. The summed E-state index contributed by atoms with van der Waals surface area (Å²) in [6.07, 6.45) is 1.78. The standard InChI is InChI=1S/C22H19BrN2O3/c1-27-20-12-8-19(9-13-20)25-22(26)15-28-21-10-2-16(3-11-21)14-24-18-6-4-17(23)5-7-18/h2-14H,15H2,1H3,(H,25,26). The average Bonchev–Trinajstić information content (AvgIpc) is 2.73. The number of carbonyl (C=O) groups excluding carboxylic acids is 1. The molecule has 3 aromatic rings. The molecule has 0 bridgehead atoms. The number of benzene rings is 3. The molecule has 0 unspecified atom stereocenters. The van der Waals surface area contributed by atoms with Crippen molar-refractivity contribution >= 4 is 39.4 Å². The molecule has 0 fully saturated rings. The van der Waals surface area contributed by atoms with Crippen LogP contribution in [0.1, 0.15) is 5.56 Å². The molecule has 142 valence electrons. The fraction of sp³-hybridized carbons (Fsp3) is 0.0909. The first kappa shape index (κ1) is 19.6. The maximum absolute atomic E-state index is 12.0. The van der Waals surface area contributed by atoms with E-state index in [0.717, 1.165) is 21.5 Å². The van der Waals surface area contributed by atoms with Crippen molar-refractivity contribution < 1.29 is 14.3 Å². The van der Waals surface area contributed by atoms with Gasteiger partial charge < -0.3 is 14.8 Å². The summed E-state index contributed by atoms with van der Waals surface area (Å²) in [6, 6.07) is 22.3. The quantitative estimate of drug-likeness (QED) is 0.514. The monoisotopic (exact) mass is 438 g/mol. The van der Waals surface area contributed by atoms with Crippen LogP contribution in [0.25, 0.3) is 0 Å². The van der Waals surface area contributed by atoms with Crippen molar-refractivity contribution in [2.24, 2.45) is 4.99 Å². The number of aliphatic imine (C=N–C) groups is 1. The molecule has 1 amide bonds. The van der Waals surface area contributed by atoms with Gasteiger partial charge in [0.15, 0.2) is 6.61 Å². The van der Waals surface area contributed by atoms with Gasteiger partial charge >= 0.3 is 0 Å². The van der Waals surface area contributed by atoms with Gasteiger partial charge in [0.1, 0.15) is 11.5 Å². The Morgan fingerprint density at radius 2 is 1.61 bits per heavy atom.